The fourth-order valence-corrected chi connectivity index (χ4v) is 3.54. The molecule has 1 aromatic carbocycles. The van der Waals surface area contributed by atoms with Gasteiger partial charge in [0, 0.05) is 11.3 Å². The second-order valence-electron chi connectivity index (χ2n) is 5.12. The average molecular weight is 316 g/mol. The number of benzene rings is 1. The van der Waals surface area contributed by atoms with E-state index in [2.05, 4.69) is 21.6 Å². The summed E-state index contributed by atoms with van der Waals surface area (Å²) in [5.74, 6) is 0.767. The quantitative estimate of drug-likeness (QED) is 0.910. The highest BCUT2D eigenvalue weighted by Gasteiger charge is 2.36. The van der Waals surface area contributed by atoms with Gasteiger partial charge < -0.3 is 5.32 Å². The molecule has 0 aliphatic carbocycles. The van der Waals surface area contributed by atoms with Crippen molar-refractivity contribution in [2.75, 3.05) is 11.5 Å². The van der Waals surface area contributed by atoms with Gasteiger partial charge in [-0.2, -0.15) is 22.1 Å². The number of aromatic amines is 1. The topological polar surface area (TPSA) is 81.6 Å². The Balaban J connectivity index is 1.77. The Morgan fingerprint density at radius 2 is 2.23 bits per heavy atom. The van der Waals surface area contributed by atoms with E-state index >= 15 is 0 Å². The molecule has 1 aliphatic heterocycles. The van der Waals surface area contributed by atoms with Gasteiger partial charge in [0.15, 0.2) is 0 Å². The van der Waals surface area contributed by atoms with Crippen LogP contribution >= 0.6 is 11.8 Å². The van der Waals surface area contributed by atoms with Crippen LogP contribution in [0.2, 0.25) is 0 Å². The minimum Gasteiger partial charge on any atom is -0.332 e. The van der Waals surface area contributed by atoms with Crippen LogP contribution < -0.4 is 5.32 Å². The van der Waals surface area contributed by atoms with E-state index in [4.69, 9.17) is 0 Å². The fraction of sp³-hybridized carbons (Fsp3) is 0.267. The van der Waals surface area contributed by atoms with Crippen LogP contribution in [0.5, 0.6) is 0 Å². The molecule has 0 bridgehead atoms. The van der Waals surface area contributed by atoms with Crippen molar-refractivity contribution >= 4 is 17.7 Å². The number of nitriles is 1. The van der Waals surface area contributed by atoms with Gasteiger partial charge in [-0.15, -0.1) is 0 Å². The molecule has 2 heterocycles. The Hall–Kier alpha value is -2.33. The van der Waals surface area contributed by atoms with Gasteiger partial charge >= 0.3 is 0 Å². The lowest BCUT2D eigenvalue weighted by molar-refractivity contribution is 0.0921. The van der Waals surface area contributed by atoms with Crippen LogP contribution in [0.15, 0.2) is 30.3 Å². The number of nitrogens with one attached hydrogen (secondary N) is 2. The molecule has 1 unspecified atom stereocenters. The molecule has 0 radical (unpaired) electrons. The number of rotatable bonds is 3. The van der Waals surface area contributed by atoms with Crippen LogP contribution in [-0.2, 0) is 0 Å². The highest BCUT2D eigenvalue weighted by molar-refractivity contribution is 7.99. The second kappa shape index (κ2) is 5.81. The summed E-state index contributed by atoms with van der Waals surface area (Å²) in [6.45, 7) is 0. The Kier molecular flexibility index (Phi) is 3.86. The van der Waals surface area contributed by atoms with Crippen molar-refractivity contribution in [1.82, 2.24) is 15.5 Å². The maximum absolute atomic E-state index is 12.9. The van der Waals surface area contributed by atoms with Crippen molar-refractivity contribution in [2.45, 2.75) is 12.0 Å². The summed E-state index contributed by atoms with van der Waals surface area (Å²) in [5, 5.41) is 18.8. The summed E-state index contributed by atoms with van der Waals surface area (Å²) in [7, 11) is 0. The highest BCUT2D eigenvalue weighted by Crippen LogP contribution is 2.27. The van der Waals surface area contributed by atoms with Crippen LogP contribution in [-0.4, -0.2) is 33.1 Å². The van der Waals surface area contributed by atoms with E-state index in [-0.39, 0.29) is 17.4 Å². The zero-order valence-electron chi connectivity index (χ0n) is 11.6. The van der Waals surface area contributed by atoms with Gasteiger partial charge in [-0.3, -0.25) is 9.89 Å². The van der Waals surface area contributed by atoms with Crippen LogP contribution in [0.1, 0.15) is 16.9 Å². The van der Waals surface area contributed by atoms with Crippen molar-refractivity contribution in [2.24, 2.45) is 0 Å². The van der Waals surface area contributed by atoms with E-state index in [0.717, 1.165) is 5.75 Å². The zero-order chi connectivity index (χ0) is 15.6. The number of H-pyrrole nitrogens is 1. The van der Waals surface area contributed by atoms with Crippen LogP contribution in [0.3, 0.4) is 0 Å². The van der Waals surface area contributed by atoms with Gasteiger partial charge in [0.2, 0.25) is 0 Å². The second-order valence-corrected chi connectivity index (χ2v) is 6.23. The van der Waals surface area contributed by atoms with Crippen molar-refractivity contribution in [3.05, 3.63) is 41.8 Å². The van der Waals surface area contributed by atoms with Crippen LogP contribution in [0.4, 0.5) is 4.39 Å². The van der Waals surface area contributed by atoms with E-state index in [1.807, 2.05) is 0 Å². The molecule has 1 saturated heterocycles. The van der Waals surface area contributed by atoms with E-state index in [1.165, 1.54) is 12.1 Å². The number of amides is 1. The molecule has 7 heteroatoms. The van der Waals surface area contributed by atoms with Crippen molar-refractivity contribution in [3.8, 4) is 17.3 Å². The number of hydrogen-bond acceptors (Lipinski definition) is 4. The number of hydrogen-bond donors (Lipinski definition) is 2. The summed E-state index contributed by atoms with van der Waals surface area (Å²) in [5.41, 5.74) is 0.744. The fourth-order valence-electron chi connectivity index (χ4n) is 2.27. The van der Waals surface area contributed by atoms with E-state index in [1.54, 1.807) is 30.0 Å². The first-order valence-electron chi connectivity index (χ1n) is 6.75. The molecular formula is C15H13FN4OS. The minimum absolute atomic E-state index is 0.283. The molecule has 1 fully saturated rings. The molecule has 0 spiro atoms. The van der Waals surface area contributed by atoms with Gasteiger partial charge in [0.1, 0.15) is 17.1 Å². The van der Waals surface area contributed by atoms with Crippen LogP contribution in [0.25, 0.3) is 11.3 Å². The zero-order valence-corrected chi connectivity index (χ0v) is 12.4. The largest absolute Gasteiger partial charge is 0.332 e. The lowest BCUT2D eigenvalue weighted by Gasteiger charge is -2.20. The van der Waals surface area contributed by atoms with E-state index in [0.29, 0.717) is 23.4 Å². The van der Waals surface area contributed by atoms with Crippen molar-refractivity contribution < 1.29 is 9.18 Å². The predicted molar refractivity (Wildman–Crippen MR) is 81.7 cm³/mol. The van der Waals surface area contributed by atoms with Gasteiger partial charge in [-0.1, -0.05) is 0 Å². The number of aromatic nitrogens is 2. The summed E-state index contributed by atoms with van der Waals surface area (Å²) in [4.78, 5) is 12.3. The number of carbonyl (C=O) groups is 1. The van der Waals surface area contributed by atoms with Crippen molar-refractivity contribution in [1.29, 1.82) is 5.26 Å². The lowest BCUT2D eigenvalue weighted by atomic mass is 10.0. The van der Waals surface area contributed by atoms with Gasteiger partial charge in [-0.25, -0.2) is 4.39 Å². The van der Waals surface area contributed by atoms with Crippen LogP contribution in [0, 0.1) is 17.1 Å². The maximum atomic E-state index is 12.9. The molecule has 3 rings (SSSR count). The molecule has 112 valence electrons. The number of nitrogens with zero attached hydrogens (tertiary/aromatic N) is 2. The molecule has 2 N–H and O–H groups in total. The minimum atomic E-state index is -0.803. The highest BCUT2D eigenvalue weighted by atomic mass is 32.2. The third-order valence-corrected chi connectivity index (χ3v) is 4.74. The molecule has 1 amide bonds. The average Bonchev–Trinajstić information content (AvgIpc) is 3.18. The number of halogens is 1. The number of thioether (sulfide) groups is 1. The third kappa shape index (κ3) is 2.83. The molecule has 1 atom stereocenters. The van der Waals surface area contributed by atoms with E-state index in [9.17, 15) is 14.4 Å². The molecule has 1 aliphatic rings. The van der Waals surface area contributed by atoms with Gasteiger partial charge in [0.25, 0.3) is 5.91 Å². The molecule has 1 aromatic heterocycles. The van der Waals surface area contributed by atoms with E-state index < -0.39 is 5.54 Å². The Morgan fingerprint density at radius 3 is 2.86 bits per heavy atom. The summed E-state index contributed by atoms with van der Waals surface area (Å²) >= 11 is 1.65. The summed E-state index contributed by atoms with van der Waals surface area (Å²) in [6, 6.07) is 9.65. The molecule has 5 nitrogen and oxygen atoms in total. The number of carbonyl (C=O) groups excluding carboxylic acids is 1. The Bertz CT molecular complexity index is 729. The maximum Gasteiger partial charge on any atom is 0.270 e. The Labute approximate surface area is 130 Å². The smallest absolute Gasteiger partial charge is 0.270 e. The first-order valence-corrected chi connectivity index (χ1v) is 7.90. The standard InChI is InChI=1S/C15H13FN4OS/c16-11-3-1-10(2-4-11)12-7-13(20-19-12)14(21)18-15(8-17)5-6-22-9-15/h1-4,7H,5-6,9H2,(H,18,21)(H,19,20). The predicted octanol–water partition coefficient (Wildman–Crippen LogP) is 2.34. The molecule has 2 aromatic rings. The molecular weight excluding hydrogens is 303 g/mol. The first kappa shape index (κ1) is 14.6. The normalized spacial score (nSPS) is 20.5. The monoisotopic (exact) mass is 316 g/mol. The third-order valence-electron chi connectivity index (χ3n) is 3.55. The van der Waals surface area contributed by atoms with Gasteiger partial charge in [-0.05, 0) is 42.5 Å². The summed E-state index contributed by atoms with van der Waals surface area (Å²) in [6.07, 6.45) is 0.638. The van der Waals surface area contributed by atoms with Crippen molar-refractivity contribution in [3.63, 3.8) is 0 Å². The SMILES string of the molecule is N#CC1(NC(=O)c2cc(-c3ccc(F)cc3)n[nH]2)CCSC1. The molecule has 0 saturated carbocycles. The lowest BCUT2D eigenvalue weighted by Crippen LogP contribution is -2.47. The Morgan fingerprint density at radius 1 is 1.45 bits per heavy atom. The summed E-state index contributed by atoms with van der Waals surface area (Å²) < 4.78 is 12.9. The first-order chi connectivity index (χ1) is 10.6. The molecule has 22 heavy (non-hydrogen) atoms. The van der Waals surface area contributed by atoms with Gasteiger partial charge in [0.05, 0.1) is 11.8 Å².